The fraction of sp³-hybridized carbons (Fsp3) is 0.520. The van der Waals surface area contributed by atoms with Gasteiger partial charge in [0.05, 0.1) is 5.56 Å². The number of rotatable bonds is 6. The molecular weight excluding hydrogens is 429 g/mol. The molecule has 1 saturated heterocycles. The molecule has 8 heteroatoms. The quantitative estimate of drug-likeness (QED) is 0.657. The molecule has 2 aliphatic rings. The maximum Gasteiger partial charge on any atom is 0.417 e. The summed E-state index contributed by atoms with van der Waals surface area (Å²) in [5.74, 6) is 0.551. The van der Waals surface area contributed by atoms with Gasteiger partial charge in [0.15, 0.2) is 0 Å². The van der Waals surface area contributed by atoms with Crippen LogP contribution in [0.25, 0.3) is 0 Å². The zero-order valence-electron chi connectivity index (χ0n) is 19.0. The van der Waals surface area contributed by atoms with Crippen LogP contribution in [0.15, 0.2) is 36.5 Å². The number of carbonyl (C=O) groups is 1. The van der Waals surface area contributed by atoms with Gasteiger partial charge in [-0.05, 0) is 55.9 Å². The van der Waals surface area contributed by atoms with Gasteiger partial charge in [-0.3, -0.25) is 9.69 Å². The lowest BCUT2D eigenvalue weighted by Crippen LogP contribution is -2.41. The lowest BCUT2D eigenvalue weighted by molar-refractivity contribution is -0.137. The molecule has 1 aromatic heterocycles. The van der Waals surface area contributed by atoms with E-state index in [0.29, 0.717) is 38.3 Å². The highest BCUT2D eigenvalue weighted by molar-refractivity contribution is 5.78. The predicted octanol–water partition coefficient (Wildman–Crippen LogP) is 4.19. The van der Waals surface area contributed by atoms with Crippen LogP contribution in [0.5, 0.6) is 0 Å². The Labute approximate surface area is 193 Å². The van der Waals surface area contributed by atoms with Crippen LogP contribution in [-0.4, -0.2) is 48.5 Å². The molecule has 1 aromatic carbocycles. The van der Waals surface area contributed by atoms with Crippen molar-refractivity contribution in [3.63, 3.8) is 0 Å². The molecule has 1 amide bonds. The first-order chi connectivity index (χ1) is 15.8. The molecule has 1 fully saturated rings. The highest BCUT2D eigenvalue weighted by Crippen LogP contribution is 2.30. The predicted molar refractivity (Wildman–Crippen MR) is 122 cm³/mol. The normalized spacial score (nSPS) is 17.6. The van der Waals surface area contributed by atoms with Crippen LogP contribution in [-0.2, 0) is 23.9 Å². The van der Waals surface area contributed by atoms with Crippen LogP contribution in [0.1, 0.15) is 41.5 Å². The summed E-state index contributed by atoms with van der Waals surface area (Å²) in [5.41, 5.74) is 3.43. The number of amides is 1. The molecule has 2 aliphatic heterocycles. The number of carbonyl (C=O) groups excluding carboxylic acids is 1. The second-order valence-electron chi connectivity index (χ2n) is 9.11. The number of benzene rings is 1. The molecule has 0 saturated carbocycles. The molecule has 2 aromatic rings. The maximum absolute atomic E-state index is 12.7. The smallest absolute Gasteiger partial charge is 0.357 e. The van der Waals surface area contributed by atoms with E-state index in [2.05, 4.69) is 40.3 Å². The van der Waals surface area contributed by atoms with Gasteiger partial charge in [-0.15, -0.1) is 0 Å². The van der Waals surface area contributed by atoms with Crippen molar-refractivity contribution in [2.24, 2.45) is 5.92 Å². The molecule has 5 nitrogen and oxygen atoms in total. The Balaban J connectivity index is 1.15. The van der Waals surface area contributed by atoms with E-state index in [-0.39, 0.29) is 11.8 Å². The summed E-state index contributed by atoms with van der Waals surface area (Å²) < 4.78 is 38.1. The molecule has 1 N–H and O–H groups in total. The van der Waals surface area contributed by atoms with E-state index in [4.69, 9.17) is 0 Å². The maximum atomic E-state index is 12.7. The summed E-state index contributed by atoms with van der Waals surface area (Å²) in [4.78, 5) is 20.9. The summed E-state index contributed by atoms with van der Waals surface area (Å²) in [6.45, 7) is 7.01. The fourth-order valence-electron chi connectivity index (χ4n) is 4.70. The molecule has 0 bridgehead atoms. The van der Waals surface area contributed by atoms with Crippen LogP contribution in [0.3, 0.4) is 0 Å². The molecular formula is C25H31F3N4O. The number of piperidine rings is 1. The largest absolute Gasteiger partial charge is 0.417 e. The second kappa shape index (κ2) is 10.1. The Morgan fingerprint density at radius 2 is 1.91 bits per heavy atom. The molecule has 0 spiro atoms. The molecule has 4 rings (SSSR count). The number of hydrogen-bond acceptors (Lipinski definition) is 4. The molecule has 0 radical (unpaired) electrons. The van der Waals surface area contributed by atoms with Crippen molar-refractivity contribution >= 4 is 11.7 Å². The Kier molecular flexibility index (Phi) is 7.22. The van der Waals surface area contributed by atoms with Crippen molar-refractivity contribution in [3.05, 3.63) is 58.8 Å². The van der Waals surface area contributed by atoms with Gasteiger partial charge >= 0.3 is 6.18 Å². The number of anilines is 1. The van der Waals surface area contributed by atoms with E-state index in [1.54, 1.807) is 0 Å². The number of nitrogens with zero attached hydrogens (tertiary/aromatic N) is 3. The number of fused-ring (bicyclic) bond motifs is 1. The highest BCUT2D eigenvalue weighted by Gasteiger charge is 2.31. The van der Waals surface area contributed by atoms with Gasteiger partial charge in [-0.1, -0.05) is 23.8 Å². The topological polar surface area (TPSA) is 48.5 Å². The average molecular weight is 461 g/mol. The fourth-order valence-corrected chi connectivity index (χ4v) is 4.70. The van der Waals surface area contributed by atoms with Gasteiger partial charge < -0.3 is 10.2 Å². The molecule has 0 unspecified atom stereocenters. The van der Waals surface area contributed by atoms with Crippen LogP contribution >= 0.6 is 0 Å². The van der Waals surface area contributed by atoms with E-state index in [1.165, 1.54) is 22.8 Å². The summed E-state index contributed by atoms with van der Waals surface area (Å²) >= 11 is 0. The summed E-state index contributed by atoms with van der Waals surface area (Å²) in [7, 11) is 0. The zero-order chi connectivity index (χ0) is 23.4. The SMILES string of the molecule is Cc1ccc2c(c1)CCN(CCCNC(=O)C1CCN(c3ccc(C(F)(F)F)cn3)CC1)C2. The van der Waals surface area contributed by atoms with Crippen molar-refractivity contribution in [2.75, 3.05) is 37.6 Å². The standard InChI is InChI=1S/C25H31F3N4O/c1-18-3-4-21-17-31(12-7-20(21)15-18)11-2-10-29-24(33)19-8-13-32(14-9-19)23-6-5-22(16-30-23)25(26,27)28/h3-6,15-16,19H,2,7-14,17H2,1H3,(H,29,33). The molecule has 33 heavy (non-hydrogen) atoms. The first-order valence-electron chi connectivity index (χ1n) is 11.7. The summed E-state index contributed by atoms with van der Waals surface area (Å²) in [6, 6.07) is 9.14. The van der Waals surface area contributed by atoms with Gasteiger partial charge in [0.1, 0.15) is 5.82 Å². The summed E-state index contributed by atoms with van der Waals surface area (Å²) in [5, 5.41) is 3.07. The number of halogens is 3. The number of hydrogen-bond donors (Lipinski definition) is 1. The van der Waals surface area contributed by atoms with Gasteiger partial charge in [-0.25, -0.2) is 4.98 Å². The first-order valence-corrected chi connectivity index (χ1v) is 11.7. The molecule has 178 valence electrons. The molecule has 0 atom stereocenters. The number of aromatic nitrogens is 1. The van der Waals surface area contributed by atoms with Crippen molar-refractivity contribution < 1.29 is 18.0 Å². The van der Waals surface area contributed by atoms with Crippen molar-refractivity contribution in [1.82, 2.24) is 15.2 Å². The molecule has 3 heterocycles. The minimum absolute atomic E-state index is 0.0548. The van der Waals surface area contributed by atoms with E-state index in [0.717, 1.165) is 44.7 Å². The van der Waals surface area contributed by atoms with E-state index in [1.807, 2.05) is 4.90 Å². The summed E-state index contributed by atoms with van der Waals surface area (Å²) in [6.07, 6.45) is -0.158. The van der Waals surface area contributed by atoms with Crippen LogP contribution in [0, 0.1) is 12.8 Å². The monoisotopic (exact) mass is 460 g/mol. The van der Waals surface area contributed by atoms with Gasteiger partial charge in [0.2, 0.25) is 5.91 Å². The van der Waals surface area contributed by atoms with Crippen molar-refractivity contribution in [1.29, 1.82) is 0 Å². The second-order valence-corrected chi connectivity index (χ2v) is 9.11. The number of nitrogens with one attached hydrogen (secondary N) is 1. The lowest BCUT2D eigenvalue weighted by atomic mass is 9.96. The van der Waals surface area contributed by atoms with E-state index in [9.17, 15) is 18.0 Å². The third-order valence-corrected chi connectivity index (χ3v) is 6.67. The third kappa shape index (κ3) is 6.05. The minimum Gasteiger partial charge on any atom is -0.357 e. The van der Waals surface area contributed by atoms with Gasteiger partial charge in [0.25, 0.3) is 0 Å². The van der Waals surface area contributed by atoms with Crippen LogP contribution < -0.4 is 10.2 Å². The Bertz CT molecular complexity index is 953. The van der Waals surface area contributed by atoms with Gasteiger partial charge in [0, 0.05) is 51.4 Å². The average Bonchev–Trinajstić information content (AvgIpc) is 2.81. The first kappa shape index (κ1) is 23.5. The third-order valence-electron chi connectivity index (χ3n) is 6.67. The Morgan fingerprint density at radius 3 is 2.61 bits per heavy atom. The van der Waals surface area contributed by atoms with Crippen LogP contribution in [0.4, 0.5) is 19.0 Å². The molecule has 0 aliphatic carbocycles. The lowest BCUT2D eigenvalue weighted by Gasteiger charge is -2.32. The van der Waals surface area contributed by atoms with Crippen molar-refractivity contribution in [3.8, 4) is 0 Å². The van der Waals surface area contributed by atoms with E-state index >= 15 is 0 Å². The minimum atomic E-state index is -4.38. The zero-order valence-corrected chi connectivity index (χ0v) is 19.0. The highest BCUT2D eigenvalue weighted by atomic mass is 19.4. The Morgan fingerprint density at radius 1 is 1.12 bits per heavy atom. The van der Waals surface area contributed by atoms with Gasteiger partial charge in [-0.2, -0.15) is 13.2 Å². The van der Waals surface area contributed by atoms with Crippen molar-refractivity contribution in [2.45, 2.75) is 45.3 Å². The number of pyridine rings is 1. The van der Waals surface area contributed by atoms with E-state index < -0.39 is 11.7 Å². The van der Waals surface area contributed by atoms with Crippen LogP contribution in [0.2, 0.25) is 0 Å². The number of aryl methyl sites for hydroxylation is 1. The Hall–Kier alpha value is -2.61. The number of alkyl halides is 3.